The second kappa shape index (κ2) is 3.70. The Bertz CT molecular complexity index is 228. The van der Waals surface area contributed by atoms with E-state index in [1.165, 1.54) is 0 Å². The zero-order valence-corrected chi connectivity index (χ0v) is 9.97. The predicted molar refractivity (Wildman–Crippen MR) is 59.7 cm³/mol. The summed E-state index contributed by atoms with van der Waals surface area (Å²) in [4.78, 5) is 0. The Balaban J connectivity index is 2.25. The molecule has 0 aromatic rings. The van der Waals surface area contributed by atoms with Gasteiger partial charge in [-0.3, -0.25) is 0 Å². The van der Waals surface area contributed by atoms with Gasteiger partial charge in [-0.05, 0) is 0 Å². The SMILES string of the molecule is B[C@@H]1O[C@]2(COC)C(C)S[C@H]1C2OC. The summed E-state index contributed by atoms with van der Waals surface area (Å²) in [5, 5.41) is 0.916. The molecule has 2 bridgehead atoms. The van der Waals surface area contributed by atoms with Crippen molar-refractivity contribution in [3.05, 3.63) is 0 Å². The molecule has 0 spiro atoms. The molecule has 3 nitrogen and oxygen atoms in total. The zero-order chi connectivity index (χ0) is 10.3. The van der Waals surface area contributed by atoms with Crippen LogP contribution >= 0.6 is 11.8 Å². The van der Waals surface area contributed by atoms with Crippen LogP contribution in [0.15, 0.2) is 0 Å². The molecule has 0 N–H and O–H groups in total. The molecule has 2 saturated heterocycles. The van der Waals surface area contributed by atoms with Gasteiger partial charge < -0.3 is 14.2 Å². The second-order valence-electron chi connectivity index (χ2n) is 4.11. The fourth-order valence-electron chi connectivity index (χ4n) is 2.66. The number of fused-ring (bicyclic) bond motifs is 2. The summed E-state index contributed by atoms with van der Waals surface area (Å²) in [5.74, 6) is 0. The fourth-order valence-corrected chi connectivity index (χ4v) is 4.38. The minimum absolute atomic E-state index is 0.178. The molecule has 2 aliphatic rings. The molecule has 2 rings (SSSR count). The second-order valence-corrected chi connectivity index (χ2v) is 5.63. The molecule has 0 amide bonds. The molecular weight excluding hydrogens is 199 g/mol. The van der Waals surface area contributed by atoms with E-state index in [1.807, 2.05) is 11.8 Å². The van der Waals surface area contributed by atoms with E-state index in [0.29, 0.717) is 17.1 Å². The molecule has 0 aliphatic carbocycles. The molecule has 2 aliphatic heterocycles. The highest BCUT2D eigenvalue weighted by molar-refractivity contribution is 8.01. The summed E-state index contributed by atoms with van der Waals surface area (Å²) in [5.41, 5.74) is -0.224. The number of thioether (sulfide) groups is 1. The van der Waals surface area contributed by atoms with Gasteiger partial charge in [-0.25, -0.2) is 0 Å². The van der Waals surface area contributed by atoms with Gasteiger partial charge in [-0.15, -0.1) is 11.8 Å². The van der Waals surface area contributed by atoms with Crippen molar-refractivity contribution < 1.29 is 14.2 Å². The average Bonchev–Trinajstić information content (AvgIpc) is 2.54. The quantitative estimate of drug-likeness (QED) is 0.615. The Labute approximate surface area is 90.3 Å². The van der Waals surface area contributed by atoms with Gasteiger partial charge in [-0.2, -0.15) is 0 Å². The van der Waals surface area contributed by atoms with Crippen molar-refractivity contribution in [1.82, 2.24) is 0 Å². The first-order valence-electron chi connectivity index (χ1n) is 5.00. The van der Waals surface area contributed by atoms with Gasteiger partial charge in [-0.1, -0.05) is 6.92 Å². The summed E-state index contributed by atoms with van der Waals surface area (Å²) < 4.78 is 16.9. The molecule has 2 heterocycles. The molecule has 0 radical (unpaired) electrons. The average molecular weight is 216 g/mol. The van der Waals surface area contributed by atoms with Crippen LogP contribution in [0, 0.1) is 0 Å². The van der Waals surface area contributed by atoms with Crippen LogP contribution in [0.5, 0.6) is 0 Å². The van der Waals surface area contributed by atoms with Crippen LogP contribution in [0.1, 0.15) is 6.92 Å². The highest BCUT2D eigenvalue weighted by atomic mass is 32.2. The molecule has 5 atom stereocenters. The monoisotopic (exact) mass is 216 g/mol. The van der Waals surface area contributed by atoms with E-state index in [2.05, 4.69) is 14.8 Å². The van der Waals surface area contributed by atoms with Crippen molar-refractivity contribution in [3.63, 3.8) is 0 Å². The zero-order valence-electron chi connectivity index (χ0n) is 9.15. The lowest BCUT2D eigenvalue weighted by Gasteiger charge is -2.35. The standard InChI is InChI=1S/C9H17BO3S/c1-5-9(4-11-2)7(12-3)6(14-5)8(10)13-9/h5-8H,4,10H2,1-3H3/t5?,6-,7?,8+,9+/m0/s1. The lowest BCUT2D eigenvalue weighted by atomic mass is 9.90. The lowest BCUT2D eigenvalue weighted by Crippen LogP contribution is -2.49. The minimum atomic E-state index is -0.224. The van der Waals surface area contributed by atoms with E-state index in [4.69, 9.17) is 14.2 Å². The van der Waals surface area contributed by atoms with Crippen molar-refractivity contribution in [2.75, 3.05) is 20.8 Å². The van der Waals surface area contributed by atoms with Crippen LogP contribution in [0.4, 0.5) is 0 Å². The number of hydrogen-bond donors (Lipinski definition) is 0. The van der Waals surface area contributed by atoms with Crippen LogP contribution in [0.2, 0.25) is 0 Å². The van der Waals surface area contributed by atoms with Gasteiger partial charge >= 0.3 is 0 Å². The molecule has 0 aromatic carbocycles. The molecule has 0 aromatic heterocycles. The lowest BCUT2D eigenvalue weighted by molar-refractivity contribution is -0.111. The molecule has 0 saturated carbocycles. The van der Waals surface area contributed by atoms with Crippen LogP contribution in [-0.4, -0.2) is 56.9 Å². The fraction of sp³-hybridized carbons (Fsp3) is 1.00. The van der Waals surface area contributed by atoms with Crippen LogP contribution in [0.25, 0.3) is 0 Å². The summed E-state index contributed by atoms with van der Waals surface area (Å²) in [6.07, 6.45) is 0.178. The summed E-state index contributed by atoms with van der Waals surface area (Å²) in [6, 6.07) is 0.274. The number of ether oxygens (including phenoxy) is 3. The predicted octanol–water partition coefficient (Wildman–Crippen LogP) is -0.120. The van der Waals surface area contributed by atoms with Gasteiger partial charge in [0.25, 0.3) is 0 Å². The largest absolute Gasteiger partial charge is 0.382 e. The Hall–Kier alpha value is 0.295. The summed E-state index contributed by atoms with van der Waals surface area (Å²) in [7, 11) is 5.60. The molecule has 14 heavy (non-hydrogen) atoms. The van der Waals surface area contributed by atoms with Crippen LogP contribution in [0.3, 0.4) is 0 Å². The molecule has 2 fully saturated rings. The van der Waals surface area contributed by atoms with Crippen molar-refractivity contribution in [2.24, 2.45) is 0 Å². The van der Waals surface area contributed by atoms with E-state index in [0.717, 1.165) is 0 Å². The minimum Gasteiger partial charge on any atom is -0.382 e. The number of rotatable bonds is 3. The van der Waals surface area contributed by atoms with E-state index in [-0.39, 0.29) is 17.7 Å². The van der Waals surface area contributed by atoms with Gasteiger partial charge in [0.15, 0.2) is 0 Å². The van der Waals surface area contributed by atoms with Gasteiger partial charge in [0, 0.05) is 25.5 Å². The van der Waals surface area contributed by atoms with E-state index < -0.39 is 0 Å². The molecule has 2 unspecified atom stereocenters. The Morgan fingerprint density at radius 1 is 1.50 bits per heavy atom. The Morgan fingerprint density at radius 3 is 2.79 bits per heavy atom. The summed E-state index contributed by atoms with van der Waals surface area (Å²) in [6.45, 7) is 2.82. The third-order valence-corrected chi connectivity index (χ3v) is 5.07. The highest BCUT2D eigenvalue weighted by Gasteiger charge is 2.63. The maximum atomic E-state index is 6.03. The smallest absolute Gasteiger partial charge is 0.140 e. The first-order valence-corrected chi connectivity index (χ1v) is 5.95. The van der Waals surface area contributed by atoms with Crippen LogP contribution < -0.4 is 0 Å². The van der Waals surface area contributed by atoms with E-state index >= 15 is 0 Å². The topological polar surface area (TPSA) is 27.7 Å². The third-order valence-electron chi connectivity index (χ3n) is 3.32. The van der Waals surface area contributed by atoms with Gasteiger partial charge in [0.05, 0.1) is 11.9 Å². The normalized spacial score (nSPS) is 51.4. The first-order chi connectivity index (χ1) is 6.65. The number of hydrogen-bond acceptors (Lipinski definition) is 4. The van der Waals surface area contributed by atoms with Crippen molar-refractivity contribution in [1.29, 1.82) is 0 Å². The Kier molecular flexibility index (Phi) is 2.86. The van der Waals surface area contributed by atoms with E-state index in [9.17, 15) is 0 Å². The van der Waals surface area contributed by atoms with Gasteiger partial charge in [0.1, 0.15) is 19.6 Å². The molecule has 5 heteroatoms. The molecule has 80 valence electrons. The van der Waals surface area contributed by atoms with Crippen molar-refractivity contribution >= 4 is 19.6 Å². The van der Waals surface area contributed by atoms with Gasteiger partial charge in [0.2, 0.25) is 0 Å². The number of methoxy groups -OCH3 is 2. The third kappa shape index (κ3) is 1.26. The maximum absolute atomic E-state index is 6.03. The Morgan fingerprint density at radius 2 is 2.21 bits per heavy atom. The van der Waals surface area contributed by atoms with E-state index in [1.54, 1.807) is 14.2 Å². The maximum Gasteiger partial charge on any atom is 0.140 e. The highest BCUT2D eigenvalue weighted by Crippen LogP contribution is 2.52. The first kappa shape index (κ1) is 10.8. The molecular formula is C9H17BO3S. The van der Waals surface area contributed by atoms with Crippen molar-refractivity contribution in [2.45, 2.75) is 35.1 Å². The van der Waals surface area contributed by atoms with Crippen molar-refractivity contribution in [3.8, 4) is 0 Å². The van der Waals surface area contributed by atoms with Crippen LogP contribution in [-0.2, 0) is 14.2 Å². The summed E-state index contributed by atoms with van der Waals surface area (Å²) >= 11 is 1.96.